The third-order valence-electron chi connectivity index (χ3n) is 13.2. The first-order valence-electron chi connectivity index (χ1n) is 23.6. The summed E-state index contributed by atoms with van der Waals surface area (Å²) < 4.78 is 0. The maximum atomic E-state index is 11.4. The lowest BCUT2D eigenvalue weighted by molar-refractivity contribution is -0.128. The Balaban J connectivity index is -0.000000272. The van der Waals surface area contributed by atoms with Gasteiger partial charge in [-0.3, -0.25) is 38.9 Å². The van der Waals surface area contributed by atoms with Gasteiger partial charge >= 0.3 is 0 Å². The molecule has 25 N–H and O–H groups in total. The predicted octanol–water partition coefficient (Wildman–Crippen LogP) is -1.85. The van der Waals surface area contributed by atoms with Gasteiger partial charge in [0.2, 0.25) is 0 Å². The number of hydrogen-bond donors (Lipinski definition) is 15. The number of aliphatic imine (C=N–C) groups is 5. The summed E-state index contributed by atoms with van der Waals surface area (Å²) in [6.07, 6.45) is 6.33. The second-order valence-electron chi connectivity index (χ2n) is 18.4. The van der Waals surface area contributed by atoms with E-state index in [0.717, 1.165) is 50.5 Å². The Labute approximate surface area is 426 Å². The molecule has 25 nitrogen and oxygen atoms in total. The molecule has 0 bridgehead atoms. The fourth-order valence-electron chi connectivity index (χ4n) is 8.76. The molecule has 0 aliphatic heterocycles. The van der Waals surface area contributed by atoms with E-state index in [1.54, 1.807) is 68.0 Å². The quantitative estimate of drug-likeness (QED) is 0.0474. The van der Waals surface area contributed by atoms with Gasteiger partial charge in [0.1, 0.15) is 23.1 Å². The summed E-state index contributed by atoms with van der Waals surface area (Å²) in [4.78, 5) is 76.2. The van der Waals surface area contributed by atoms with Gasteiger partial charge < -0.3 is 83.9 Å². The molecule has 71 heavy (non-hydrogen) atoms. The molecule has 4 aliphatic rings. The SMILES string of the molecule is CNC1(C(C)=O)CC(CN=C(N)N)C1.CN[C@@H](CC1CCC1N=C(N)N)C(C)=O.CN[C@H](C(C)=O)C1CC1N=C(N)N.CN[C@H](C(C)=O)c1cccc(N=C(N)N)c1.CN[C@]1(C(C)=O)CC1CN=C(N)N.[HH].[HH].[HH].[HH].[HH]. The normalized spacial score (nSPS) is 25.1. The van der Waals surface area contributed by atoms with E-state index in [1.165, 1.54) is 6.92 Å². The monoisotopic (exact) mass is 1010 g/mol. The fourth-order valence-corrected chi connectivity index (χ4v) is 8.76. The van der Waals surface area contributed by atoms with Gasteiger partial charge in [0.25, 0.3) is 0 Å². The highest BCUT2D eigenvalue weighted by Gasteiger charge is 2.56. The number of nitrogens with one attached hydrogen (secondary N) is 5. The molecular formula is C46H96N20O5. The molecule has 0 amide bonds. The lowest BCUT2D eigenvalue weighted by Gasteiger charge is -2.45. The third-order valence-corrected chi connectivity index (χ3v) is 13.2. The van der Waals surface area contributed by atoms with E-state index in [4.69, 9.17) is 57.3 Å². The van der Waals surface area contributed by atoms with Crippen LogP contribution in [-0.2, 0) is 24.0 Å². The van der Waals surface area contributed by atoms with Gasteiger partial charge in [0.15, 0.2) is 35.6 Å². The third kappa shape index (κ3) is 20.9. The maximum Gasteiger partial charge on any atom is 0.191 e. The molecule has 0 saturated heterocycles. The molecule has 0 aromatic heterocycles. The van der Waals surface area contributed by atoms with Crippen LogP contribution >= 0.6 is 0 Å². The van der Waals surface area contributed by atoms with E-state index >= 15 is 0 Å². The molecule has 9 atom stereocenters. The first-order chi connectivity index (χ1) is 33.2. The van der Waals surface area contributed by atoms with Gasteiger partial charge in [-0.25, -0.2) is 9.98 Å². The summed E-state index contributed by atoms with van der Waals surface area (Å²) in [5, 5.41) is 15.0. The van der Waals surface area contributed by atoms with Crippen molar-refractivity contribution in [3.63, 3.8) is 0 Å². The fraction of sp³-hybridized carbons (Fsp3) is 0.652. The number of nitrogens with two attached hydrogens (primary N) is 10. The van der Waals surface area contributed by atoms with Gasteiger partial charge in [-0.15, -0.1) is 0 Å². The van der Waals surface area contributed by atoms with Crippen molar-refractivity contribution in [2.75, 3.05) is 48.3 Å². The number of guanidine groups is 5. The largest absolute Gasteiger partial charge is 0.370 e. The van der Waals surface area contributed by atoms with Gasteiger partial charge in [-0.2, -0.15) is 0 Å². The number of ketones is 5. The number of benzene rings is 1. The van der Waals surface area contributed by atoms with Crippen LogP contribution in [0.15, 0.2) is 49.2 Å². The van der Waals surface area contributed by atoms with Crippen molar-refractivity contribution in [2.24, 2.45) is 106 Å². The average molecular weight is 1010 g/mol. The molecule has 4 aliphatic carbocycles. The average Bonchev–Trinajstić information content (AvgIpc) is 4.18. The van der Waals surface area contributed by atoms with Crippen LogP contribution in [0.3, 0.4) is 0 Å². The Bertz CT molecular complexity index is 2090. The highest BCUT2D eigenvalue weighted by molar-refractivity contribution is 5.90. The lowest BCUT2D eigenvalue weighted by Crippen LogP contribution is -2.59. The molecule has 5 rings (SSSR count). The molecule has 4 saturated carbocycles. The maximum absolute atomic E-state index is 11.4. The van der Waals surface area contributed by atoms with Crippen molar-refractivity contribution in [3.8, 4) is 0 Å². The van der Waals surface area contributed by atoms with Crippen molar-refractivity contribution in [2.45, 2.75) is 121 Å². The predicted molar refractivity (Wildman–Crippen MR) is 294 cm³/mol. The summed E-state index contributed by atoms with van der Waals surface area (Å²) in [5.74, 6) is 2.55. The summed E-state index contributed by atoms with van der Waals surface area (Å²) >= 11 is 0. The van der Waals surface area contributed by atoms with E-state index in [9.17, 15) is 24.0 Å². The van der Waals surface area contributed by atoms with Gasteiger partial charge in [-0.05, 0) is 144 Å². The van der Waals surface area contributed by atoms with E-state index in [1.807, 2.05) is 19.2 Å². The second kappa shape index (κ2) is 29.8. The highest BCUT2D eigenvalue weighted by atomic mass is 16.1. The van der Waals surface area contributed by atoms with Crippen molar-refractivity contribution >= 4 is 64.4 Å². The number of likely N-dealkylation sites (N-methyl/N-ethyl adjacent to an activating group) is 5. The van der Waals surface area contributed by atoms with Crippen molar-refractivity contribution < 1.29 is 31.1 Å². The molecule has 1 aromatic rings. The first kappa shape index (κ1) is 62.7. The molecule has 25 heteroatoms. The minimum absolute atomic E-state index is 0. The summed E-state index contributed by atoms with van der Waals surface area (Å²) in [6, 6.07) is 7.07. The van der Waals surface area contributed by atoms with Gasteiger partial charge in [0, 0.05) is 32.1 Å². The number of nitrogens with zero attached hydrogens (tertiary/aromatic N) is 5. The van der Waals surface area contributed by atoms with Crippen LogP contribution in [0.1, 0.15) is 98.3 Å². The zero-order chi connectivity index (χ0) is 54.4. The van der Waals surface area contributed by atoms with Gasteiger partial charge in [0.05, 0.1) is 47.0 Å². The molecular weight excluding hydrogens is 913 g/mol. The zero-order valence-corrected chi connectivity index (χ0v) is 43.4. The number of carbonyl (C=O) groups is 5. The second-order valence-corrected chi connectivity index (χ2v) is 18.4. The first-order valence-corrected chi connectivity index (χ1v) is 23.6. The standard InChI is InChI=1S/C11H16N4O.C10H20N4O.C9H18N4O.2C8H16N4O.5H2/c1-7(16)10(14-2)8-4-3-5-9(6-8)15-11(12)13;1-6(15)9(13-2)5-7-3-4-8(7)14-10(11)12;1-6(14)9(12-2)3-7(4-9)5-13-8(10)11;1-5(13)8(11-2)3-6(8)4-12-7(9)10;1-4(13)7(11-2)5-3-6(5)12-8(9)10;;;;;/h3-6,10,14H,1-2H3,(H4,12,13,15);7-9,13H,3-5H2,1-2H3,(H4,11,12,14);7,12H,3-5H2,1-2H3,(H4,10,11,13);6,11H,3-4H2,1-2H3,(H4,9,10,12);5-7,11H,3H2,1-2H3,(H4,9,10,12);5*1H/t10-;7?,8?,9-;;6?,8-;5?,6?,7-;;;;;/m10.01...../s1. The molecule has 0 radical (unpaired) electrons. The Morgan fingerprint density at radius 1 is 0.648 bits per heavy atom. The Morgan fingerprint density at radius 3 is 1.61 bits per heavy atom. The Hall–Kier alpha value is -6.28. The summed E-state index contributed by atoms with van der Waals surface area (Å²) in [5.41, 5.74) is 53.4. The Morgan fingerprint density at radius 2 is 1.23 bits per heavy atom. The number of Topliss-reactive ketones (excluding diaryl/α,β-unsaturated/α-hetero) is 5. The zero-order valence-electron chi connectivity index (χ0n) is 43.4. The lowest BCUT2D eigenvalue weighted by atomic mass is 9.66. The van der Waals surface area contributed by atoms with Crippen LogP contribution in [0.4, 0.5) is 5.69 Å². The van der Waals surface area contributed by atoms with Gasteiger partial charge in [-0.1, -0.05) is 12.1 Å². The van der Waals surface area contributed by atoms with Crippen LogP contribution in [0, 0.1) is 23.7 Å². The van der Waals surface area contributed by atoms with E-state index in [-0.39, 0.29) is 119 Å². The van der Waals surface area contributed by atoms with Crippen LogP contribution < -0.4 is 83.9 Å². The summed E-state index contributed by atoms with van der Waals surface area (Å²) in [7, 11) is 8.92. The minimum atomic E-state index is -0.362. The van der Waals surface area contributed by atoms with E-state index in [2.05, 4.69) is 51.5 Å². The topological polar surface area (TPSA) is 467 Å². The van der Waals surface area contributed by atoms with Crippen LogP contribution in [0.25, 0.3) is 0 Å². The smallest absolute Gasteiger partial charge is 0.191 e. The number of hydrogen-bond acceptors (Lipinski definition) is 15. The number of carbonyl (C=O) groups excluding carboxylic acids is 5. The molecule has 0 spiro atoms. The van der Waals surface area contributed by atoms with E-state index in [0.29, 0.717) is 30.6 Å². The number of rotatable bonds is 21. The molecule has 4 fully saturated rings. The molecule has 1 aromatic carbocycles. The highest BCUT2D eigenvalue weighted by Crippen LogP contribution is 2.44. The van der Waals surface area contributed by atoms with E-state index < -0.39 is 0 Å². The molecule has 410 valence electrons. The molecule has 0 heterocycles. The van der Waals surface area contributed by atoms with Crippen LogP contribution in [-0.4, -0.2) is 142 Å². The van der Waals surface area contributed by atoms with Crippen molar-refractivity contribution in [3.05, 3.63) is 29.8 Å². The minimum Gasteiger partial charge on any atom is -0.370 e. The molecule has 5 unspecified atom stereocenters. The van der Waals surface area contributed by atoms with Crippen molar-refractivity contribution in [1.29, 1.82) is 0 Å². The summed E-state index contributed by atoms with van der Waals surface area (Å²) in [6.45, 7) is 9.08. The van der Waals surface area contributed by atoms with Crippen LogP contribution in [0.5, 0.6) is 0 Å². The Kier molecular flexibility index (Phi) is 26.3. The van der Waals surface area contributed by atoms with Crippen LogP contribution in [0.2, 0.25) is 0 Å². The van der Waals surface area contributed by atoms with Crippen molar-refractivity contribution in [1.82, 2.24) is 26.6 Å².